The van der Waals surface area contributed by atoms with Crippen molar-refractivity contribution in [2.24, 2.45) is 5.92 Å². The predicted molar refractivity (Wildman–Crippen MR) is 120 cm³/mol. The minimum absolute atomic E-state index is 0.0592. The van der Waals surface area contributed by atoms with Gasteiger partial charge in [-0.05, 0) is 41.0 Å². The molecule has 2 aliphatic carbocycles. The van der Waals surface area contributed by atoms with Gasteiger partial charge in [-0.15, -0.1) is 0 Å². The molecule has 10 heteroatoms. The topological polar surface area (TPSA) is 105 Å². The fraction of sp³-hybridized carbons (Fsp3) is 0.400. The second kappa shape index (κ2) is 9.97. The fourth-order valence-corrected chi connectivity index (χ4v) is 4.79. The maximum atomic E-state index is 13.1. The van der Waals surface area contributed by atoms with Crippen LogP contribution in [0.1, 0.15) is 42.7 Å². The van der Waals surface area contributed by atoms with Gasteiger partial charge >= 0.3 is 18.2 Å². The van der Waals surface area contributed by atoms with E-state index >= 15 is 0 Å². The Kier molecular flexibility index (Phi) is 7.00. The van der Waals surface area contributed by atoms with E-state index in [1.54, 1.807) is 0 Å². The first-order valence-corrected chi connectivity index (χ1v) is 11.3. The molecule has 0 aromatic heterocycles. The van der Waals surface area contributed by atoms with Crippen LogP contribution in [-0.2, 0) is 14.3 Å². The third-order valence-corrected chi connectivity index (χ3v) is 6.43. The number of alkyl halides is 3. The average molecular weight is 490 g/mol. The molecule has 4 rings (SSSR count). The lowest BCUT2D eigenvalue weighted by atomic mass is 9.78. The molecular formula is C25H25F3N2O5. The molecule has 35 heavy (non-hydrogen) atoms. The molecule has 1 saturated carbocycles. The van der Waals surface area contributed by atoms with E-state index in [0.717, 1.165) is 22.3 Å². The van der Waals surface area contributed by atoms with Gasteiger partial charge < -0.3 is 20.5 Å². The van der Waals surface area contributed by atoms with Gasteiger partial charge in [0.05, 0.1) is 6.42 Å². The average Bonchev–Trinajstić information content (AvgIpc) is 3.08. The third-order valence-electron chi connectivity index (χ3n) is 6.43. The highest BCUT2D eigenvalue weighted by Gasteiger charge is 2.39. The van der Waals surface area contributed by atoms with Gasteiger partial charge in [0.25, 0.3) is 0 Å². The Labute approximate surface area is 199 Å². The predicted octanol–water partition coefficient (Wildman–Crippen LogP) is 4.22. The van der Waals surface area contributed by atoms with Crippen LogP contribution in [0, 0.1) is 5.92 Å². The standard InChI is InChI=1S/C25H25F3N2O5/c26-25(27,28)12-21(23(33)29-15-9-14(10-15)11-22(31)32)30-24(34)35-13-20-18-7-3-1-5-16(18)17-6-2-4-8-19(17)20/h1-8,14-15,20-21H,9-13H2,(H,29,33)(H,30,34)(H,31,32). The second-order valence-electron chi connectivity index (χ2n) is 8.98. The van der Waals surface area contributed by atoms with Gasteiger partial charge in [0, 0.05) is 18.4 Å². The lowest BCUT2D eigenvalue weighted by Gasteiger charge is -2.36. The van der Waals surface area contributed by atoms with Crippen LogP contribution in [0.15, 0.2) is 48.5 Å². The highest BCUT2D eigenvalue weighted by atomic mass is 19.4. The van der Waals surface area contributed by atoms with Crippen LogP contribution in [-0.4, -0.2) is 47.9 Å². The van der Waals surface area contributed by atoms with Gasteiger partial charge in [-0.1, -0.05) is 48.5 Å². The van der Waals surface area contributed by atoms with Crippen LogP contribution in [0.3, 0.4) is 0 Å². The van der Waals surface area contributed by atoms with Gasteiger partial charge in [-0.25, -0.2) is 4.79 Å². The largest absolute Gasteiger partial charge is 0.481 e. The molecule has 2 aromatic rings. The van der Waals surface area contributed by atoms with E-state index in [1.807, 2.05) is 48.5 Å². The molecule has 186 valence electrons. The minimum atomic E-state index is -4.69. The van der Waals surface area contributed by atoms with Crippen molar-refractivity contribution in [3.8, 4) is 11.1 Å². The molecule has 0 heterocycles. The molecule has 1 unspecified atom stereocenters. The molecule has 0 aliphatic heterocycles. The summed E-state index contributed by atoms with van der Waals surface area (Å²) in [6.07, 6.45) is -6.69. The number of carboxylic acid groups (broad SMARTS) is 1. The number of benzene rings is 2. The van der Waals surface area contributed by atoms with E-state index < -0.39 is 42.7 Å². The van der Waals surface area contributed by atoms with Crippen molar-refractivity contribution in [1.82, 2.24) is 10.6 Å². The van der Waals surface area contributed by atoms with Gasteiger partial charge in [0.15, 0.2) is 0 Å². The number of rotatable bonds is 8. The van der Waals surface area contributed by atoms with E-state index in [-0.39, 0.29) is 24.9 Å². The molecule has 1 atom stereocenters. The number of ether oxygens (including phenoxy) is 1. The summed E-state index contributed by atoms with van der Waals surface area (Å²) < 4.78 is 44.5. The number of carbonyl (C=O) groups excluding carboxylic acids is 2. The molecule has 2 aromatic carbocycles. The maximum Gasteiger partial charge on any atom is 0.407 e. The lowest BCUT2D eigenvalue weighted by molar-refractivity contribution is -0.149. The van der Waals surface area contributed by atoms with Crippen LogP contribution in [0.4, 0.5) is 18.0 Å². The van der Waals surface area contributed by atoms with Crippen molar-refractivity contribution in [2.75, 3.05) is 6.61 Å². The molecule has 0 bridgehead atoms. The van der Waals surface area contributed by atoms with Gasteiger partial charge in [0.2, 0.25) is 5.91 Å². The zero-order valence-electron chi connectivity index (χ0n) is 18.7. The first-order valence-electron chi connectivity index (χ1n) is 11.3. The Morgan fingerprint density at radius 2 is 1.57 bits per heavy atom. The summed E-state index contributed by atoms with van der Waals surface area (Å²) in [6, 6.07) is 13.0. The summed E-state index contributed by atoms with van der Waals surface area (Å²) >= 11 is 0. The number of carbonyl (C=O) groups is 3. The number of carboxylic acids is 1. The van der Waals surface area contributed by atoms with Crippen LogP contribution in [0.2, 0.25) is 0 Å². The van der Waals surface area contributed by atoms with Crippen LogP contribution >= 0.6 is 0 Å². The molecule has 1 fully saturated rings. The lowest BCUT2D eigenvalue weighted by Crippen LogP contribution is -2.54. The zero-order chi connectivity index (χ0) is 25.2. The highest BCUT2D eigenvalue weighted by Crippen LogP contribution is 2.44. The zero-order valence-corrected chi connectivity index (χ0v) is 18.7. The Bertz CT molecular complexity index is 1070. The first-order chi connectivity index (χ1) is 16.6. The smallest absolute Gasteiger partial charge is 0.407 e. The number of aliphatic carboxylic acids is 1. The Morgan fingerprint density at radius 1 is 1.00 bits per heavy atom. The van der Waals surface area contributed by atoms with E-state index in [9.17, 15) is 27.6 Å². The number of halogens is 3. The van der Waals surface area contributed by atoms with Crippen molar-refractivity contribution >= 4 is 18.0 Å². The fourth-order valence-electron chi connectivity index (χ4n) is 4.79. The second-order valence-corrected chi connectivity index (χ2v) is 8.98. The Hall–Kier alpha value is -3.56. The van der Waals surface area contributed by atoms with Crippen molar-refractivity contribution in [1.29, 1.82) is 0 Å². The number of amides is 2. The van der Waals surface area contributed by atoms with Crippen molar-refractivity contribution in [3.63, 3.8) is 0 Å². The summed E-state index contributed by atoms with van der Waals surface area (Å²) in [7, 11) is 0. The quantitative estimate of drug-likeness (QED) is 0.514. The van der Waals surface area contributed by atoms with Crippen LogP contribution in [0.5, 0.6) is 0 Å². The Balaban J connectivity index is 1.36. The summed E-state index contributed by atoms with van der Waals surface area (Å²) in [6.45, 7) is -0.0975. The van der Waals surface area contributed by atoms with Gasteiger partial charge in [0.1, 0.15) is 12.6 Å². The van der Waals surface area contributed by atoms with E-state index in [0.29, 0.717) is 12.8 Å². The van der Waals surface area contributed by atoms with Crippen molar-refractivity contribution < 1.29 is 37.4 Å². The molecule has 2 aliphatic rings. The molecule has 7 nitrogen and oxygen atoms in total. The number of fused-ring (bicyclic) bond motifs is 3. The van der Waals surface area contributed by atoms with E-state index in [1.165, 1.54) is 0 Å². The van der Waals surface area contributed by atoms with Crippen molar-refractivity contribution in [2.45, 2.75) is 49.9 Å². The molecule has 2 amide bonds. The number of nitrogens with one attached hydrogen (secondary N) is 2. The van der Waals surface area contributed by atoms with E-state index in [2.05, 4.69) is 10.6 Å². The van der Waals surface area contributed by atoms with Crippen LogP contribution < -0.4 is 10.6 Å². The summed E-state index contributed by atoms with van der Waals surface area (Å²) in [5, 5.41) is 13.3. The van der Waals surface area contributed by atoms with Gasteiger partial charge in [-0.2, -0.15) is 13.2 Å². The molecule has 0 saturated heterocycles. The molecule has 0 radical (unpaired) electrons. The van der Waals surface area contributed by atoms with Crippen LogP contribution in [0.25, 0.3) is 11.1 Å². The molecular weight excluding hydrogens is 465 g/mol. The maximum absolute atomic E-state index is 13.1. The summed E-state index contributed by atoms with van der Waals surface area (Å²) in [5.41, 5.74) is 3.92. The third kappa shape index (κ3) is 5.93. The SMILES string of the molecule is O=C(O)CC1CC(NC(=O)C(CC(F)(F)F)NC(=O)OCC2c3ccccc3-c3ccccc32)C1. The molecule has 3 N–H and O–H groups in total. The summed E-state index contributed by atoms with van der Waals surface area (Å²) in [5.74, 6) is -2.35. The normalized spacial score (nSPS) is 19.6. The number of hydrogen-bond donors (Lipinski definition) is 3. The first kappa shape index (κ1) is 24.6. The number of hydrogen-bond acceptors (Lipinski definition) is 4. The number of alkyl carbamates (subject to hydrolysis) is 1. The van der Waals surface area contributed by atoms with Crippen molar-refractivity contribution in [3.05, 3.63) is 59.7 Å². The van der Waals surface area contributed by atoms with Gasteiger partial charge in [-0.3, -0.25) is 9.59 Å². The summed E-state index contributed by atoms with van der Waals surface area (Å²) in [4.78, 5) is 35.6. The molecule has 0 spiro atoms. The minimum Gasteiger partial charge on any atom is -0.481 e. The Morgan fingerprint density at radius 3 is 2.11 bits per heavy atom. The van der Waals surface area contributed by atoms with E-state index in [4.69, 9.17) is 9.84 Å². The monoisotopic (exact) mass is 490 g/mol. The highest BCUT2D eigenvalue weighted by molar-refractivity contribution is 5.86.